The molecule has 1 N–H and O–H groups in total. The second kappa shape index (κ2) is 4.94. The molecule has 98 valence electrons. The van der Waals surface area contributed by atoms with E-state index in [1.165, 1.54) is 6.08 Å². The van der Waals surface area contributed by atoms with Crippen molar-refractivity contribution < 1.29 is 9.90 Å². The summed E-state index contributed by atoms with van der Waals surface area (Å²) in [6.45, 7) is 8.78. The molecule has 1 atom stereocenters. The molecule has 18 heavy (non-hydrogen) atoms. The van der Waals surface area contributed by atoms with Gasteiger partial charge in [0, 0.05) is 6.54 Å². The number of nitrogens with zero attached hydrogens (tertiary/aromatic N) is 3. The number of amides is 1. The fraction of sp³-hybridized carbons (Fsp3) is 0.538. The zero-order chi connectivity index (χ0) is 13.3. The molecule has 1 aliphatic heterocycles. The lowest BCUT2D eigenvalue weighted by Crippen LogP contribution is -2.42. The van der Waals surface area contributed by atoms with Crippen LogP contribution >= 0.6 is 0 Å². The molecule has 5 nitrogen and oxygen atoms in total. The second-order valence-corrected chi connectivity index (χ2v) is 4.81. The standard InChI is InChI=1S/C13H19N3O2/c1-4-13(18)15-5-6-16-11(12(15)8-17)7-10(14-16)9(2)3/h4,7,9,12,17H,1,5-6,8H2,2-3H3. The van der Waals surface area contributed by atoms with Crippen LogP contribution in [-0.2, 0) is 11.3 Å². The Morgan fingerprint density at radius 1 is 1.67 bits per heavy atom. The van der Waals surface area contributed by atoms with Crippen LogP contribution in [0.4, 0.5) is 0 Å². The summed E-state index contributed by atoms with van der Waals surface area (Å²) in [5.74, 6) is 0.193. The molecule has 1 amide bonds. The van der Waals surface area contributed by atoms with Crippen LogP contribution in [0.1, 0.15) is 37.2 Å². The van der Waals surface area contributed by atoms with Gasteiger partial charge in [-0.3, -0.25) is 9.48 Å². The van der Waals surface area contributed by atoms with Crippen molar-refractivity contribution in [2.45, 2.75) is 32.4 Å². The summed E-state index contributed by atoms with van der Waals surface area (Å²) in [7, 11) is 0. The van der Waals surface area contributed by atoms with Gasteiger partial charge in [-0.2, -0.15) is 5.10 Å². The monoisotopic (exact) mass is 249 g/mol. The third-order valence-corrected chi connectivity index (χ3v) is 3.32. The van der Waals surface area contributed by atoms with E-state index in [1.807, 2.05) is 10.7 Å². The molecule has 0 aromatic carbocycles. The molecule has 0 saturated heterocycles. The molecule has 0 radical (unpaired) electrons. The Hall–Kier alpha value is -1.62. The van der Waals surface area contributed by atoms with Crippen molar-refractivity contribution in [3.63, 3.8) is 0 Å². The summed E-state index contributed by atoms with van der Waals surface area (Å²) in [6.07, 6.45) is 1.29. The maximum absolute atomic E-state index is 11.8. The first-order valence-corrected chi connectivity index (χ1v) is 6.20. The minimum Gasteiger partial charge on any atom is -0.394 e. The van der Waals surface area contributed by atoms with Crippen molar-refractivity contribution in [2.24, 2.45) is 0 Å². The van der Waals surface area contributed by atoms with Crippen molar-refractivity contribution in [1.29, 1.82) is 0 Å². The maximum atomic E-state index is 11.8. The molecule has 2 rings (SSSR count). The Bertz CT molecular complexity index is 465. The number of rotatable bonds is 3. The van der Waals surface area contributed by atoms with Crippen LogP contribution in [0.5, 0.6) is 0 Å². The van der Waals surface area contributed by atoms with Crippen molar-refractivity contribution in [1.82, 2.24) is 14.7 Å². The highest BCUT2D eigenvalue weighted by Gasteiger charge is 2.31. The van der Waals surface area contributed by atoms with E-state index in [9.17, 15) is 9.90 Å². The van der Waals surface area contributed by atoms with Crippen molar-refractivity contribution in [3.8, 4) is 0 Å². The van der Waals surface area contributed by atoms with E-state index in [0.29, 0.717) is 19.0 Å². The van der Waals surface area contributed by atoms with Crippen LogP contribution in [0.25, 0.3) is 0 Å². The molecule has 1 aromatic heterocycles. The first-order valence-electron chi connectivity index (χ1n) is 6.20. The van der Waals surface area contributed by atoms with E-state index in [0.717, 1.165) is 11.4 Å². The average Bonchev–Trinajstić information content (AvgIpc) is 2.80. The summed E-state index contributed by atoms with van der Waals surface area (Å²) in [5, 5.41) is 14.0. The number of aliphatic hydroxyl groups is 1. The Balaban J connectivity index is 2.36. The minimum absolute atomic E-state index is 0.0944. The van der Waals surface area contributed by atoms with Crippen LogP contribution in [0.15, 0.2) is 18.7 Å². The van der Waals surface area contributed by atoms with Crippen LogP contribution in [-0.4, -0.2) is 38.8 Å². The quantitative estimate of drug-likeness (QED) is 0.815. The molecule has 5 heteroatoms. The molecule has 1 aliphatic rings. The first-order chi connectivity index (χ1) is 8.58. The first kappa shape index (κ1) is 12.8. The third kappa shape index (κ3) is 2.06. The number of fused-ring (bicyclic) bond motifs is 1. The number of aromatic nitrogens is 2. The number of hydrogen-bond donors (Lipinski definition) is 1. The SMILES string of the molecule is C=CC(=O)N1CCn2nc(C(C)C)cc2C1CO. The number of aliphatic hydroxyl groups excluding tert-OH is 1. The van der Waals surface area contributed by atoms with Gasteiger partial charge in [0.2, 0.25) is 5.91 Å². The maximum Gasteiger partial charge on any atom is 0.246 e. The minimum atomic E-state index is -0.316. The zero-order valence-electron chi connectivity index (χ0n) is 10.8. The topological polar surface area (TPSA) is 58.4 Å². The predicted molar refractivity (Wildman–Crippen MR) is 68.1 cm³/mol. The number of carbonyl (C=O) groups is 1. The van der Waals surface area contributed by atoms with Gasteiger partial charge >= 0.3 is 0 Å². The van der Waals surface area contributed by atoms with E-state index in [-0.39, 0.29) is 18.6 Å². The molecular formula is C13H19N3O2. The van der Waals surface area contributed by atoms with Gasteiger partial charge in [0.15, 0.2) is 0 Å². The fourth-order valence-corrected chi connectivity index (χ4v) is 2.27. The van der Waals surface area contributed by atoms with Crippen LogP contribution in [0.2, 0.25) is 0 Å². The average molecular weight is 249 g/mol. The van der Waals surface area contributed by atoms with Gasteiger partial charge in [0.1, 0.15) is 0 Å². The van der Waals surface area contributed by atoms with Gasteiger partial charge < -0.3 is 10.0 Å². The van der Waals surface area contributed by atoms with Gasteiger partial charge in [0.25, 0.3) is 0 Å². The summed E-state index contributed by atoms with van der Waals surface area (Å²) in [6, 6.07) is 1.66. The highest BCUT2D eigenvalue weighted by molar-refractivity contribution is 5.87. The van der Waals surface area contributed by atoms with E-state index in [1.54, 1.807) is 4.90 Å². The lowest BCUT2D eigenvalue weighted by atomic mass is 10.1. The molecule has 0 aliphatic carbocycles. The zero-order valence-corrected chi connectivity index (χ0v) is 10.8. The number of hydrogen-bond acceptors (Lipinski definition) is 3. The second-order valence-electron chi connectivity index (χ2n) is 4.81. The Morgan fingerprint density at radius 2 is 2.39 bits per heavy atom. The van der Waals surface area contributed by atoms with Crippen molar-refractivity contribution in [3.05, 3.63) is 30.1 Å². The van der Waals surface area contributed by atoms with Gasteiger partial charge in [-0.1, -0.05) is 20.4 Å². The summed E-state index contributed by atoms with van der Waals surface area (Å²) >= 11 is 0. The van der Waals surface area contributed by atoms with Crippen LogP contribution in [0.3, 0.4) is 0 Å². The molecule has 2 heterocycles. The van der Waals surface area contributed by atoms with Crippen molar-refractivity contribution in [2.75, 3.05) is 13.2 Å². The molecule has 1 aromatic rings. The van der Waals surface area contributed by atoms with Gasteiger partial charge in [-0.15, -0.1) is 0 Å². The molecular weight excluding hydrogens is 230 g/mol. The van der Waals surface area contributed by atoms with Gasteiger partial charge in [-0.05, 0) is 18.1 Å². The fourth-order valence-electron chi connectivity index (χ4n) is 2.27. The lowest BCUT2D eigenvalue weighted by Gasteiger charge is -2.34. The molecule has 1 unspecified atom stereocenters. The normalized spacial score (nSPS) is 18.9. The summed E-state index contributed by atoms with van der Waals surface area (Å²) in [4.78, 5) is 13.4. The van der Waals surface area contributed by atoms with E-state index in [4.69, 9.17) is 0 Å². The van der Waals surface area contributed by atoms with Gasteiger partial charge in [0.05, 0.1) is 30.6 Å². The largest absolute Gasteiger partial charge is 0.394 e. The van der Waals surface area contributed by atoms with Gasteiger partial charge in [-0.25, -0.2) is 0 Å². The van der Waals surface area contributed by atoms with Crippen molar-refractivity contribution >= 4 is 5.91 Å². The van der Waals surface area contributed by atoms with E-state index in [2.05, 4.69) is 25.5 Å². The molecule has 0 fully saturated rings. The molecule has 0 saturated carbocycles. The smallest absolute Gasteiger partial charge is 0.246 e. The van der Waals surface area contributed by atoms with Crippen LogP contribution in [0, 0.1) is 0 Å². The Labute approximate surface area is 107 Å². The molecule has 0 spiro atoms. The Morgan fingerprint density at radius 3 is 2.94 bits per heavy atom. The highest BCUT2D eigenvalue weighted by atomic mass is 16.3. The Kier molecular flexibility index (Phi) is 3.52. The molecule has 0 bridgehead atoms. The summed E-state index contributed by atoms with van der Waals surface area (Å²) < 4.78 is 1.89. The highest BCUT2D eigenvalue weighted by Crippen LogP contribution is 2.27. The predicted octanol–water partition coefficient (Wildman–Crippen LogP) is 1.07. The summed E-state index contributed by atoms with van der Waals surface area (Å²) in [5.41, 5.74) is 1.90. The van der Waals surface area contributed by atoms with Crippen LogP contribution < -0.4 is 0 Å². The van der Waals surface area contributed by atoms with E-state index >= 15 is 0 Å². The van der Waals surface area contributed by atoms with E-state index < -0.39 is 0 Å². The third-order valence-electron chi connectivity index (χ3n) is 3.32. The lowest BCUT2D eigenvalue weighted by molar-refractivity contribution is -0.130. The number of carbonyl (C=O) groups excluding carboxylic acids is 1.